The molecule has 0 aliphatic carbocycles. The molecule has 2 bridgehead atoms. The summed E-state index contributed by atoms with van der Waals surface area (Å²) in [4.78, 5) is 0. The van der Waals surface area contributed by atoms with Crippen LogP contribution in [0.2, 0.25) is 0 Å². The maximum Gasteiger partial charge on any atom is 0.214 e. The Morgan fingerprint density at radius 3 is 1.89 bits per heavy atom. The SMILES string of the molecule is CC(C)S(=O)(=O)NC1CC2CCC(C1)N2S(C)(=O)=O. The molecule has 0 aromatic rings. The second kappa shape index (κ2) is 4.98. The minimum Gasteiger partial charge on any atom is -0.212 e. The Balaban J connectivity index is 2.10. The molecule has 2 heterocycles. The van der Waals surface area contributed by atoms with E-state index in [1.807, 2.05) is 0 Å². The van der Waals surface area contributed by atoms with E-state index in [9.17, 15) is 16.8 Å². The summed E-state index contributed by atoms with van der Waals surface area (Å²) in [5.41, 5.74) is 0. The molecule has 0 amide bonds. The van der Waals surface area contributed by atoms with Gasteiger partial charge in [-0.05, 0) is 39.5 Å². The Kier molecular flexibility index (Phi) is 3.99. The summed E-state index contributed by atoms with van der Waals surface area (Å²) in [6, 6.07) is -0.231. The molecule has 112 valence electrons. The van der Waals surface area contributed by atoms with Crippen LogP contribution in [0.4, 0.5) is 0 Å². The first-order chi connectivity index (χ1) is 8.61. The van der Waals surface area contributed by atoms with E-state index in [1.165, 1.54) is 6.26 Å². The molecule has 2 rings (SSSR count). The van der Waals surface area contributed by atoms with E-state index in [4.69, 9.17) is 0 Å². The number of nitrogens with one attached hydrogen (secondary N) is 1. The van der Waals surface area contributed by atoms with Gasteiger partial charge in [0.2, 0.25) is 20.0 Å². The highest BCUT2D eigenvalue weighted by molar-refractivity contribution is 7.90. The highest BCUT2D eigenvalue weighted by Gasteiger charge is 2.45. The fraction of sp³-hybridized carbons (Fsp3) is 1.00. The van der Waals surface area contributed by atoms with Crippen molar-refractivity contribution in [3.63, 3.8) is 0 Å². The lowest BCUT2D eigenvalue weighted by Gasteiger charge is -2.37. The minimum atomic E-state index is -3.29. The fourth-order valence-corrected chi connectivity index (χ4v) is 5.54. The van der Waals surface area contributed by atoms with Gasteiger partial charge in [-0.1, -0.05) is 0 Å². The Labute approximate surface area is 115 Å². The molecule has 2 aliphatic rings. The summed E-state index contributed by atoms with van der Waals surface area (Å²) in [5.74, 6) is 0. The minimum absolute atomic E-state index is 0.0476. The Bertz CT molecular complexity index is 527. The zero-order valence-corrected chi connectivity index (χ0v) is 13.2. The van der Waals surface area contributed by atoms with Crippen LogP contribution in [0.1, 0.15) is 39.5 Å². The van der Waals surface area contributed by atoms with Gasteiger partial charge in [0, 0.05) is 18.1 Å². The van der Waals surface area contributed by atoms with Gasteiger partial charge in [-0.3, -0.25) is 0 Å². The smallest absolute Gasteiger partial charge is 0.212 e. The quantitative estimate of drug-likeness (QED) is 0.808. The topological polar surface area (TPSA) is 83.6 Å². The van der Waals surface area contributed by atoms with Crippen LogP contribution >= 0.6 is 0 Å². The molecule has 2 unspecified atom stereocenters. The van der Waals surface area contributed by atoms with E-state index in [2.05, 4.69) is 4.72 Å². The molecule has 8 heteroatoms. The van der Waals surface area contributed by atoms with E-state index < -0.39 is 25.3 Å². The summed E-state index contributed by atoms with van der Waals surface area (Å²) in [7, 11) is -6.48. The monoisotopic (exact) mass is 310 g/mol. The van der Waals surface area contributed by atoms with Gasteiger partial charge in [0.1, 0.15) is 0 Å². The molecule has 0 radical (unpaired) electrons. The third kappa shape index (κ3) is 3.12. The van der Waals surface area contributed by atoms with Crippen LogP contribution in [0.5, 0.6) is 0 Å². The molecule has 0 aromatic heterocycles. The number of nitrogens with zero attached hydrogens (tertiary/aromatic N) is 1. The molecule has 6 nitrogen and oxygen atoms in total. The standard InChI is InChI=1S/C11H22N2O4S2/c1-8(2)19(16,17)12-9-6-10-4-5-11(7-9)13(10)18(3,14)15/h8-12H,4-7H2,1-3H3. The molecule has 2 saturated heterocycles. The van der Waals surface area contributed by atoms with Gasteiger partial charge < -0.3 is 0 Å². The van der Waals surface area contributed by atoms with Crippen LogP contribution in [-0.2, 0) is 20.0 Å². The van der Waals surface area contributed by atoms with Crippen molar-refractivity contribution < 1.29 is 16.8 Å². The van der Waals surface area contributed by atoms with Crippen LogP contribution in [0.3, 0.4) is 0 Å². The number of sulfonamides is 2. The van der Waals surface area contributed by atoms with E-state index in [1.54, 1.807) is 18.2 Å². The molecular weight excluding hydrogens is 288 g/mol. The van der Waals surface area contributed by atoms with Gasteiger partial charge in [0.15, 0.2) is 0 Å². The second-order valence-corrected chi connectivity index (χ2v) is 10.0. The maximum absolute atomic E-state index is 11.9. The average Bonchev–Trinajstić information content (AvgIpc) is 2.50. The molecule has 0 spiro atoms. The highest BCUT2D eigenvalue weighted by Crippen LogP contribution is 2.37. The predicted molar refractivity (Wildman–Crippen MR) is 73.7 cm³/mol. The van der Waals surface area contributed by atoms with Crippen molar-refractivity contribution in [2.24, 2.45) is 0 Å². The van der Waals surface area contributed by atoms with E-state index in [0.717, 1.165) is 12.8 Å². The lowest BCUT2D eigenvalue weighted by atomic mass is 10.0. The lowest BCUT2D eigenvalue weighted by molar-refractivity contribution is 0.220. The normalized spacial score (nSPS) is 32.9. The predicted octanol–water partition coefficient (Wildman–Crippen LogP) is 0.269. The van der Waals surface area contributed by atoms with Crippen LogP contribution in [0.25, 0.3) is 0 Å². The summed E-state index contributed by atoms with van der Waals surface area (Å²) in [6.45, 7) is 3.28. The molecule has 0 saturated carbocycles. The largest absolute Gasteiger partial charge is 0.214 e. The molecule has 1 N–H and O–H groups in total. The van der Waals surface area contributed by atoms with Crippen LogP contribution < -0.4 is 4.72 Å². The number of hydrogen-bond donors (Lipinski definition) is 1. The van der Waals surface area contributed by atoms with Crippen LogP contribution in [0.15, 0.2) is 0 Å². The van der Waals surface area contributed by atoms with Crippen molar-refractivity contribution in [2.75, 3.05) is 6.26 Å². The first kappa shape index (κ1) is 15.2. The van der Waals surface area contributed by atoms with Gasteiger partial charge in [0.05, 0.1) is 11.5 Å². The zero-order valence-electron chi connectivity index (χ0n) is 11.5. The fourth-order valence-electron chi connectivity index (χ4n) is 3.14. The van der Waals surface area contributed by atoms with Gasteiger partial charge in [-0.15, -0.1) is 0 Å². The summed E-state index contributed by atoms with van der Waals surface area (Å²) in [5, 5.41) is -0.460. The van der Waals surface area contributed by atoms with Crippen molar-refractivity contribution in [1.82, 2.24) is 9.03 Å². The Morgan fingerprint density at radius 1 is 1.05 bits per heavy atom. The molecule has 0 aromatic carbocycles. The van der Waals surface area contributed by atoms with E-state index >= 15 is 0 Å². The third-order valence-corrected chi connectivity index (χ3v) is 7.27. The van der Waals surface area contributed by atoms with Gasteiger partial charge in [-0.2, -0.15) is 4.31 Å². The van der Waals surface area contributed by atoms with Crippen molar-refractivity contribution in [2.45, 2.75) is 62.9 Å². The highest BCUT2D eigenvalue weighted by atomic mass is 32.2. The lowest BCUT2D eigenvalue weighted by Crippen LogP contribution is -2.52. The first-order valence-corrected chi connectivity index (χ1v) is 10.0. The molecular formula is C11H22N2O4S2. The molecule has 19 heavy (non-hydrogen) atoms. The van der Waals surface area contributed by atoms with Gasteiger partial charge in [0.25, 0.3) is 0 Å². The summed E-state index contributed by atoms with van der Waals surface area (Å²) < 4.78 is 51.5. The first-order valence-electron chi connectivity index (χ1n) is 6.61. The summed E-state index contributed by atoms with van der Waals surface area (Å²) >= 11 is 0. The zero-order chi connectivity index (χ0) is 14.4. The molecule has 2 fully saturated rings. The molecule has 2 atom stereocenters. The van der Waals surface area contributed by atoms with Crippen LogP contribution in [-0.4, -0.2) is 50.8 Å². The number of fused-ring (bicyclic) bond motifs is 2. The van der Waals surface area contributed by atoms with Gasteiger partial charge >= 0.3 is 0 Å². The Morgan fingerprint density at radius 2 is 1.53 bits per heavy atom. The van der Waals surface area contributed by atoms with E-state index in [-0.39, 0.29) is 18.1 Å². The van der Waals surface area contributed by atoms with Crippen molar-refractivity contribution in [3.8, 4) is 0 Å². The number of piperidine rings is 1. The average molecular weight is 310 g/mol. The second-order valence-electron chi connectivity index (χ2n) is 5.86. The van der Waals surface area contributed by atoms with Crippen molar-refractivity contribution in [3.05, 3.63) is 0 Å². The number of rotatable bonds is 4. The van der Waals surface area contributed by atoms with Crippen LogP contribution in [0, 0.1) is 0 Å². The molecule has 2 aliphatic heterocycles. The number of hydrogen-bond acceptors (Lipinski definition) is 4. The maximum atomic E-state index is 11.9. The Hall–Kier alpha value is -0.180. The van der Waals surface area contributed by atoms with Crippen molar-refractivity contribution in [1.29, 1.82) is 0 Å². The van der Waals surface area contributed by atoms with Gasteiger partial charge in [-0.25, -0.2) is 21.6 Å². The third-order valence-electron chi connectivity index (χ3n) is 4.00. The summed E-state index contributed by atoms with van der Waals surface area (Å²) in [6.07, 6.45) is 4.05. The van der Waals surface area contributed by atoms with E-state index in [0.29, 0.717) is 12.8 Å². The van der Waals surface area contributed by atoms with Crippen molar-refractivity contribution >= 4 is 20.0 Å².